The predicted molar refractivity (Wildman–Crippen MR) is 111 cm³/mol. The zero-order valence-electron chi connectivity index (χ0n) is 17.1. The molecular weight excluding hydrogens is 5070 g/mol. The van der Waals surface area contributed by atoms with Crippen LogP contribution in [-0.4, -0.2) is 0 Å². The number of hydrogen-bond donors (Lipinski definition) is 0. The van der Waals surface area contributed by atoms with E-state index in [0.717, 1.165) is 0 Å². The third-order valence-corrected chi connectivity index (χ3v) is 0. The van der Waals surface area contributed by atoms with Gasteiger partial charge in [-0.3, -0.25) is 0 Å². The summed E-state index contributed by atoms with van der Waals surface area (Å²) in [7, 11) is 0. The van der Waals surface area contributed by atoms with Gasteiger partial charge in [0.2, 0.25) is 0 Å². The molecule has 10 atom stereocenters. The molecule has 0 aromatic rings. The average Bonchev–Trinajstić information content (AvgIpc) is 0. The van der Waals surface area contributed by atoms with Crippen molar-refractivity contribution in [2.24, 2.45) is 0 Å². The Morgan fingerprint density at radius 2 is 0.0667 bits per heavy atom. The molecule has 0 fully saturated rings. The Morgan fingerprint density at radius 3 is 0.0667 bits per heavy atom. The largest absolute Gasteiger partial charge is 0.153 e. The minimum absolute atomic E-state index is 0. The van der Waals surface area contributed by atoms with Gasteiger partial charge in [0, 0.05) is 622 Å². The van der Waals surface area contributed by atoms with E-state index in [4.69, 9.17) is 0 Å². The van der Waals surface area contributed by atoms with E-state index in [1.165, 1.54) is 0 Å². The minimum Gasteiger partial charge on any atom is -0.153 e. The maximum absolute atomic E-state index is 0. The van der Waals surface area contributed by atoms with E-state index in [9.17, 15) is 0 Å². The van der Waals surface area contributed by atoms with Gasteiger partial charge in [-0.2, -0.15) is 99.0 Å². The molecule has 0 saturated heterocycles. The van der Waals surface area contributed by atoms with E-state index in [2.05, 4.69) is 0 Å². The number of rotatable bonds is 0. The molecule has 0 saturated carbocycles. The SMILES string of the molecule is P.P.P.P.P.P.P.P.P.P.[U].[U].[U].[U].[U].[U].[U].[U].[U].[U].[U].[U].[U].[U].[U].[U].[U].[U].[U].[U]. The fraction of sp³-hybridized carbons (Fsp3) is 0. The van der Waals surface area contributed by atoms with Gasteiger partial charge in [0.05, 0.1) is 0 Å². The molecule has 0 nitrogen and oxygen atoms in total. The summed E-state index contributed by atoms with van der Waals surface area (Å²) in [4.78, 5) is 0. The van der Waals surface area contributed by atoms with E-state index in [0.29, 0.717) is 0 Å². The van der Waals surface area contributed by atoms with Crippen molar-refractivity contribution in [1.82, 2.24) is 0 Å². The molecule has 30 heavy (non-hydrogen) atoms. The van der Waals surface area contributed by atoms with Crippen molar-refractivity contribution >= 4 is 99.0 Å². The second kappa shape index (κ2) is 241. The van der Waals surface area contributed by atoms with Crippen LogP contribution in [0.5, 0.6) is 0 Å². The quantitative estimate of drug-likeness (QED) is 0.312. The molecule has 0 N–H and O–H groups in total. The first-order valence-corrected chi connectivity index (χ1v) is 0. The topological polar surface area (TPSA) is 0 Å². The monoisotopic (exact) mass is 5100 g/mol. The van der Waals surface area contributed by atoms with Crippen LogP contribution in [0.15, 0.2) is 0 Å². The summed E-state index contributed by atoms with van der Waals surface area (Å²) in [6, 6.07) is 0. The summed E-state index contributed by atoms with van der Waals surface area (Å²) >= 11 is 0. The van der Waals surface area contributed by atoms with Crippen molar-refractivity contribution < 1.29 is 622 Å². The Morgan fingerprint density at radius 1 is 0.0667 bits per heavy atom. The van der Waals surface area contributed by atoms with Gasteiger partial charge in [0.15, 0.2) is 0 Å². The zero-order chi connectivity index (χ0) is 0. The molecule has 0 aliphatic rings. The summed E-state index contributed by atoms with van der Waals surface area (Å²) in [5.41, 5.74) is 0. The molecule has 10 unspecified atom stereocenters. The molecule has 30 heteroatoms. The van der Waals surface area contributed by atoms with Crippen molar-refractivity contribution in [2.75, 3.05) is 0 Å². The molecule has 0 aromatic carbocycles. The Bertz CT molecular complexity index is 27.5. The maximum atomic E-state index is 0. The Balaban J connectivity index is 0. The van der Waals surface area contributed by atoms with E-state index >= 15 is 0 Å². The van der Waals surface area contributed by atoms with Crippen molar-refractivity contribution in [3.63, 3.8) is 0 Å². The Labute approximate surface area is 696 Å². The maximum Gasteiger partial charge on any atom is 0 e. The van der Waals surface area contributed by atoms with E-state index < -0.39 is 0 Å². The summed E-state index contributed by atoms with van der Waals surface area (Å²) in [6.07, 6.45) is 0. The van der Waals surface area contributed by atoms with Crippen LogP contribution < -0.4 is 0 Å². The number of hydrogen-bond acceptors (Lipinski definition) is 0. The Kier molecular flexibility index (Phi) is 2040. The molecule has 0 aliphatic heterocycles. The molecule has 0 spiro atoms. The first kappa shape index (κ1) is 254. The average molecular weight is 5100 g/mol. The van der Waals surface area contributed by atoms with Crippen LogP contribution in [-0.2, 0) is 0 Å². The summed E-state index contributed by atoms with van der Waals surface area (Å²) < 4.78 is 0. The van der Waals surface area contributed by atoms with Crippen LogP contribution in [0.3, 0.4) is 0 Å². The van der Waals surface area contributed by atoms with Gasteiger partial charge in [0.25, 0.3) is 0 Å². The summed E-state index contributed by atoms with van der Waals surface area (Å²) in [6.45, 7) is 0. The van der Waals surface area contributed by atoms with E-state index in [1.54, 1.807) is 0 Å². The second-order valence-electron chi connectivity index (χ2n) is 0. The predicted octanol–water partition coefficient (Wildman–Crippen LogP) is 0.581. The third kappa shape index (κ3) is 228. The van der Waals surface area contributed by atoms with Crippen molar-refractivity contribution in [3.05, 3.63) is 0 Å². The third-order valence-electron chi connectivity index (χ3n) is 0. The Hall–Kier alpha value is 25.3. The summed E-state index contributed by atoms with van der Waals surface area (Å²) in [5.74, 6) is 0. The second-order valence-corrected chi connectivity index (χ2v) is 0. The molecule has 0 heterocycles. The first-order valence-electron chi connectivity index (χ1n) is 0. The van der Waals surface area contributed by atoms with Crippen LogP contribution >= 0.6 is 99.0 Å². The van der Waals surface area contributed by atoms with Gasteiger partial charge in [-0.1, -0.05) is 0 Å². The molecule has 0 aliphatic carbocycles. The van der Waals surface area contributed by atoms with Crippen LogP contribution in [0.25, 0.3) is 0 Å². The molecule has 0 bridgehead atoms. The smallest absolute Gasteiger partial charge is 0 e. The molecule has 0 aromatic heterocycles. The first-order chi connectivity index (χ1) is 0. The van der Waals surface area contributed by atoms with Gasteiger partial charge in [-0.05, 0) is 0 Å². The fourth-order valence-corrected chi connectivity index (χ4v) is 0. The minimum atomic E-state index is 0. The molecule has 0 amide bonds. The van der Waals surface area contributed by atoms with E-state index in [-0.39, 0.29) is 721 Å². The van der Waals surface area contributed by atoms with Crippen LogP contribution in [0.2, 0.25) is 0 Å². The van der Waals surface area contributed by atoms with Gasteiger partial charge >= 0.3 is 0 Å². The van der Waals surface area contributed by atoms with Crippen molar-refractivity contribution in [2.45, 2.75) is 0 Å². The molecule has 0 rings (SSSR count). The normalized spacial score (nSPS) is 0. The van der Waals surface area contributed by atoms with Crippen LogP contribution in [0.1, 0.15) is 0 Å². The van der Waals surface area contributed by atoms with Crippen LogP contribution in [0.4, 0.5) is 0 Å². The van der Waals surface area contributed by atoms with E-state index in [1.807, 2.05) is 0 Å². The van der Waals surface area contributed by atoms with Crippen molar-refractivity contribution in [1.29, 1.82) is 0 Å². The van der Waals surface area contributed by atoms with Gasteiger partial charge in [0.1, 0.15) is 0 Å². The zero-order valence-corrected chi connectivity index (χ0v) is 114. The van der Waals surface area contributed by atoms with Gasteiger partial charge in [-0.25, -0.2) is 0 Å². The summed E-state index contributed by atoms with van der Waals surface area (Å²) in [5, 5.41) is 0. The van der Waals surface area contributed by atoms with Gasteiger partial charge < -0.3 is 0 Å². The molecular formula is H30P10U20. The fourth-order valence-electron chi connectivity index (χ4n) is 0. The standard InChI is InChI=1S/10H3P.20U/h10*1H3;;;;;;;;;;;;;;;;;;;;. The molecule has 0 radical (unpaired) electrons. The van der Waals surface area contributed by atoms with Gasteiger partial charge in [-0.15, -0.1) is 0 Å². The molecule has 160 valence electrons. The van der Waals surface area contributed by atoms with Crippen LogP contribution in [0, 0.1) is 622 Å². The van der Waals surface area contributed by atoms with Crippen molar-refractivity contribution in [3.8, 4) is 0 Å².